The van der Waals surface area contributed by atoms with Gasteiger partial charge < -0.3 is 10.1 Å². The molecule has 0 fully saturated rings. The van der Waals surface area contributed by atoms with Crippen LogP contribution in [0.15, 0.2) is 48.5 Å². The summed E-state index contributed by atoms with van der Waals surface area (Å²) in [4.78, 5) is 12.4. The second kappa shape index (κ2) is 8.08. The molecule has 1 N–H and O–H groups in total. The Morgan fingerprint density at radius 1 is 1.04 bits per heavy atom. The quantitative estimate of drug-likeness (QED) is 0.701. The minimum Gasteiger partial charge on any atom is -0.493 e. The fourth-order valence-electron chi connectivity index (χ4n) is 2.98. The van der Waals surface area contributed by atoms with Crippen LogP contribution in [-0.4, -0.2) is 22.3 Å². The number of carbonyl (C=O) groups is 1. The molecule has 0 saturated heterocycles. The number of aromatic nitrogens is 2. The van der Waals surface area contributed by atoms with Crippen LogP contribution in [0.3, 0.4) is 0 Å². The van der Waals surface area contributed by atoms with Crippen LogP contribution >= 0.6 is 0 Å². The number of carbonyl (C=O) groups excluding carboxylic acids is 1. The van der Waals surface area contributed by atoms with Gasteiger partial charge in [-0.3, -0.25) is 4.79 Å². The average molecular weight is 363 g/mol. The van der Waals surface area contributed by atoms with Gasteiger partial charge in [-0.15, -0.1) is 0 Å². The van der Waals surface area contributed by atoms with Gasteiger partial charge in [-0.1, -0.05) is 30.3 Å². The second-order valence-electron chi connectivity index (χ2n) is 6.64. The van der Waals surface area contributed by atoms with E-state index < -0.39 is 0 Å². The number of ether oxygens (including phenoxy) is 1. The third-order valence-electron chi connectivity index (χ3n) is 4.70. The summed E-state index contributed by atoms with van der Waals surface area (Å²) in [6.45, 7) is 8.26. The van der Waals surface area contributed by atoms with Crippen LogP contribution in [0.25, 0.3) is 5.69 Å². The topological polar surface area (TPSA) is 56.1 Å². The van der Waals surface area contributed by atoms with Crippen molar-refractivity contribution in [2.24, 2.45) is 0 Å². The Labute approximate surface area is 160 Å². The lowest BCUT2D eigenvalue weighted by atomic mass is 10.1. The monoisotopic (exact) mass is 363 g/mol. The standard InChI is InChI=1S/C22H25N3O2/c1-15-9-8-12-20(16(15)2)27-14-13-21(26)23-22-17(3)24-25(18(22)4)19-10-6-5-7-11-19/h5-12H,13-14H2,1-4H3,(H,23,26). The Kier molecular flexibility index (Phi) is 5.60. The van der Waals surface area contributed by atoms with E-state index in [1.165, 1.54) is 5.56 Å². The molecule has 140 valence electrons. The maximum atomic E-state index is 12.4. The summed E-state index contributed by atoms with van der Waals surface area (Å²) in [5.41, 5.74) is 5.71. The Balaban J connectivity index is 1.63. The van der Waals surface area contributed by atoms with E-state index in [1.807, 2.05) is 80.9 Å². The molecule has 1 heterocycles. The van der Waals surface area contributed by atoms with Crippen LogP contribution < -0.4 is 10.1 Å². The van der Waals surface area contributed by atoms with Gasteiger partial charge in [0.2, 0.25) is 5.91 Å². The van der Waals surface area contributed by atoms with Crippen molar-refractivity contribution in [3.63, 3.8) is 0 Å². The lowest BCUT2D eigenvalue weighted by Gasteiger charge is -2.11. The molecule has 0 radical (unpaired) electrons. The van der Waals surface area contributed by atoms with Gasteiger partial charge in [-0.25, -0.2) is 4.68 Å². The second-order valence-corrected chi connectivity index (χ2v) is 6.64. The minimum absolute atomic E-state index is 0.0842. The third kappa shape index (κ3) is 4.19. The Morgan fingerprint density at radius 2 is 1.78 bits per heavy atom. The van der Waals surface area contributed by atoms with Gasteiger partial charge in [-0.05, 0) is 57.0 Å². The van der Waals surface area contributed by atoms with Crippen LogP contribution in [0.5, 0.6) is 5.75 Å². The summed E-state index contributed by atoms with van der Waals surface area (Å²) in [5, 5.41) is 7.53. The number of para-hydroxylation sites is 1. The first-order chi connectivity index (χ1) is 13.0. The van der Waals surface area contributed by atoms with E-state index in [0.717, 1.165) is 34.1 Å². The highest BCUT2D eigenvalue weighted by molar-refractivity contribution is 5.92. The highest BCUT2D eigenvalue weighted by Gasteiger charge is 2.15. The molecule has 0 aliphatic rings. The van der Waals surface area contributed by atoms with Crippen LogP contribution in [0.1, 0.15) is 28.9 Å². The zero-order chi connectivity index (χ0) is 19.4. The van der Waals surface area contributed by atoms with E-state index in [-0.39, 0.29) is 12.3 Å². The summed E-state index contributed by atoms with van der Waals surface area (Å²) in [5.74, 6) is 0.742. The van der Waals surface area contributed by atoms with Gasteiger partial charge in [0.1, 0.15) is 5.75 Å². The Bertz CT molecular complexity index is 946. The van der Waals surface area contributed by atoms with Crippen LogP contribution in [0, 0.1) is 27.7 Å². The largest absolute Gasteiger partial charge is 0.493 e. The molecule has 0 aliphatic carbocycles. The lowest BCUT2D eigenvalue weighted by Crippen LogP contribution is -2.16. The molecule has 27 heavy (non-hydrogen) atoms. The first-order valence-corrected chi connectivity index (χ1v) is 9.08. The highest BCUT2D eigenvalue weighted by Crippen LogP contribution is 2.23. The van der Waals surface area contributed by atoms with E-state index in [4.69, 9.17) is 4.74 Å². The molecule has 5 nitrogen and oxygen atoms in total. The van der Waals surface area contributed by atoms with Gasteiger partial charge in [0.25, 0.3) is 0 Å². The normalized spacial score (nSPS) is 10.7. The third-order valence-corrected chi connectivity index (χ3v) is 4.70. The van der Waals surface area contributed by atoms with Crippen molar-refractivity contribution < 1.29 is 9.53 Å². The maximum Gasteiger partial charge on any atom is 0.227 e. The van der Waals surface area contributed by atoms with Crippen molar-refractivity contribution >= 4 is 11.6 Å². The predicted octanol–water partition coefficient (Wildman–Crippen LogP) is 4.51. The predicted molar refractivity (Wildman–Crippen MR) is 108 cm³/mol. The first-order valence-electron chi connectivity index (χ1n) is 9.08. The molecular weight excluding hydrogens is 338 g/mol. The number of anilines is 1. The van der Waals surface area contributed by atoms with E-state index in [1.54, 1.807) is 0 Å². The van der Waals surface area contributed by atoms with Gasteiger partial charge in [0, 0.05) is 0 Å². The zero-order valence-corrected chi connectivity index (χ0v) is 16.2. The molecule has 0 bridgehead atoms. The Hall–Kier alpha value is -3.08. The van der Waals surface area contributed by atoms with E-state index in [2.05, 4.69) is 10.4 Å². The van der Waals surface area contributed by atoms with Crippen molar-refractivity contribution in [2.45, 2.75) is 34.1 Å². The number of amides is 1. The molecule has 3 aromatic rings. The molecule has 0 atom stereocenters. The smallest absolute Gasteiger partial charge is 0.227 e. The highest BCUT2D eigenvalue weighted by atomic mass is 16.5. The zero-order valence-electron chi connectivity index (χ0n) is 16.2. The maximum absolute atomic E-state index is 12.4. The van der Waals surface area contributed by atoms with Crippen molar-refractivity contribution in [1.82, 2.24) is 9.78 Å². The van der Waals surface area contributed by atoms with Crippen molar-refractivity contribution in [3.8, 4) is 11.4 Å². The van der Waals surface area contributed by atoms with Gasteiger partial charge in [0.05, 0.1) is 35.8 Å². The van der Waals surface area contributed by atoms with E-state index in [0.29, 0.717) is 6.61 Å². The molecule has 5 heteroatoms. The van der Waals surface area contributed by atoms with Gasteiger partial charge in [0.15, 0.2) is 0 Å². The fraction of sp³-hybridized carbons (Fsp3) is 0.273. The van der Waals surface area contributed by atoms with Crippen molar-refractivity contribution in [3.05, 3.63) is 71.0 Å². The molecule has 3 rings (SSSR count). The van der Waals surface area contributed by atoms with Crippen LogP contribution in [-0.2, 0) is 4.79 Å². The number of nitrogens with one attached hydrogen (secondary N) is 1. The number of hydrogen-bond acceptors (Lipinski definition) is 3. The summed E-state index contributed by atoms with van der Waals surface area (Å²) in [6.07, 6.45) is 0.281. The molecule has 0 unspecified atom stereocenters. The summed E-state index contributed by atoms with van der Waals surface area (Å²) >= 11 is 0. The van der Waals surface area contributed by atoms with E-state index >= 15 is 0 Å². The molecule has 1 aromatic heterocycles. The molecule has 2 aromatic carbocycles. The molecule has 0 aliphatic heterocycles. The van der Waals surface area contributed by atoms with E-state index in [9.17, 15) is 4.79 Å². The number of nitrogens with zero attached hydrogens (tertiary/aromatic N) is 2. The molecule has 0 saturated carbocycles. The summed E-state index contributed by atoms with van der Waals surface area (Å²) < 4.78 is 7.62. The number of hydrogen-bond donors (Lipinski definition) is 1. The molecule has 1 amide bonds. The number of benzene rings is 2. The average Bonchev–Trinajstić information content (AvgIpc) is 2.94. The van der Waals surface area contributed by atoms with Crippen molar-refractivity contribution in [2.75, 3.05) is 11.9 Å². The minimum atomic E-state index is -0.0842. The van der Waals surface area contributed by atoms with Crippen molar-refractivity contribution in [1.29, 1.82) is 0 Å². The summed E-state index contributed by atoms with van der Waals surface area (Å²) in [7, 11) is 0. The molecular formula is C22H25N3O2. The first kappa shape index (κ1) is 18.7. The van der Waals surface area contributed by atoms with Gasteiger partial charge in [-0.2, -0.15) is 5.10 Å². The summed E-state index contributed by atoms with van der Waals surface area (Å²) in [6, 6.07) is 15.8. The number of aryl methyl sites for hydroxylation is 2. The lowest BCUT2D eigenvalue weighted by molar-refractivity contribution is -0.116. The number of rotatable bonds is 6. The van der Waals surface area contributed by atoms with Gasteiger partial charge >= 0.3 is 0 Å². The SMILES string of the molecule is Cc1cccc(OCCC(=O)Nc2c(C)nn(-c3ccccc3)c2C)c1C. The Morgan fingerprint density at radius 3 is 2.52 bits per heavy atom. The van der Waals surface area contributed by atoms with Crippen LogP contribution in [0.4, 0.5) is 5.69 Å². The molecule has 0 spiro atoms. The van der Waals surface area contributed by atoms with Crippen LogP contribution in [0.2, 0.25) is 0 Å². The fourth-order valence-corrected chi connectivity index (χ4v) is 2.98.